The topological polar surface area (TPSA) is 95.9 Å². The Hall–Kier alpha value is -2.57. The Morgan fingerprint density at radius 2 is 2.00 bits per heavy atom. The zero-order chi connectivity index (χ0) is 19.3. The molecule has 1 aromatic rings. The van der Waals surface area contributed by atoms with E-state index < -0.39 is 18.1 Å². The van der Waals surface area contributed by atoms with Crippen LogP contribution in [-0.2, 0) is 14.4 Å². The van der Waals surface area contributed by atoms with Gasteiger partial charge < -0.3 is 20.1 Å². The van der Waals surface area contributed by atoms with E-state index in [4.69, 9.17) is 4.74 Å². The average Bonchev–Trinajstić information content (AvgIpc) is 2.59. The molecule has 1 heterocycles. The summed E-state index contributed by atoms with van der Waals surface area (Å²) in [6.45, 7) is 5.84. The van der Waals surface area contributed by atoms with Gasteiger partial charge in [-0.15, -0.1) is 0 Å². The van der Waals surface area contributed by atoms with Crippen LogP contribution >= 0.6 is 0 Å². The number of fused-ring (bicyclic) bond motifs is 1. The molecule has 26 heavy (non-hydrogen) atoms. The number of aliphatic carboxylic acids is 1. The molecule has 0 radical (unpaired) electrons. The lowest BCUT2D eigenvalue weighted by Crippen LogP contribution is -2.48. The molecule has 0 aromatic heterocycles. The van der Waals surface area contributed by atoms with Gasteiger partial charge in [0.05, 0.1) is 5.69 Å². The van der Waals surface area contributed by atoms with E-state index in [1.54, 1.807) is 23.1 Å². The van der Waals surface area contributed by atoms with Crippen LogP contribution in [0.25, 0.3) is 0 Å². The second kappa shape index (κ2) is 8.69. The van der Waals surface area contributed by atoms with Gasteiger partial charge in [-0.25, -0.2) is 4.79 Å². The van der Waals surface area contributed by atoms with Crippen molar-refractivity contribution >= 4 is 23.5 Å². The number of hydrogen-bond acceptors (Lipinski definition) is 4. The number of benzene rings is 1. The van der Waals surface area contributed by atoms with Gasteiger partial charge in [0.2, 0.25) is 5.91 Å². The van der Waals surface area contributed by atoms with Crippen molar-refractivity contribution in [1.82, 2.24) is 5.32 Å². The van der Waals surface area contributed by atoms with Crippen molar-refractivity contribution < 1.29 is 24.2 Å². The Bertz CT molecular complexity index is 674. The van der Waals surface area contributed by atoms with Crippen molar-refractivity contribution in [2.24, 2.45) is 5.92 Å². The average molecular weight is 362 g/mol. The number of rotatable bonds is 8. The van der Waals surface area contributed by atoms with Crippen LogP contribution in [0, 0.1) is 5.92 Å². The molecule has 2 unspecified atom stereocenters. The SMILES string of the molecule is CCC1Oc2ccccc2N(CCC(=O)NC(CC(C)C)C(=O)O)C1=O. The number of hydrogen-bond donors (Lipinski definition) is 2. The minimum Gasteiger partial charge on any atom is -0.480 e. The van der Waals surface area contributed by atoms with Crippen LogP contribution in [0.5, 0.6) is 5.75 Å². The van der Waals surface area contributed by atoms with Crippen molar-refractivity contribution in [2.75, 3.05) is 11.4 Å². The Labute approximate surface area is 153 Å². The van der Waals surface area contributed by atoms with Gasteiger partial charge in [0, 0.05) is 13.0 Å². The molecule has 1 aromatic carbocycles. The fourth-order valence-corrected chi connectivity index (χ4v) is 2.94. The molecule has 0 bridgehead atoms. The zero-order valence-corrected chi connectivity index (χ0v) is 15.4. The first-order valence-electron chi connectivity index (χ1n) is 8.92. The van der Waals surface area contributed by atoms with Crippen LogP contribution in [0.1, 0.15) is 40.0 Å². The number of amides is 2. The smallest absolute Gasteiger partial charge is 0.326 e. The second-order valence-electron chi connectivity index (χ2n) is 6.81. The first kappa shape index (κ1) is 19.8. The Kier molecular flexibility index (Phi) is 6.60. The van der Waals surface area contributed by atoms with Crippen LogP contribution in [0.2, 0.25) is 0 Å². The van der Waals surface area contributed by atoms with Gasteiger partial charge in [-0.05, 0) is 30.9 Å². The minimum atomic E-state index is -1.05. The summed E-state index contributed by atoms with van der Waals surface area (Å²) in [5, 5.41) is 11.8. The van der Waals surface area contributed by atoms with Crippen LogP contribution < -0.4 is 15.0 Å². The summed E-state index contributed by atoms with van der Waals surface area (Å²) in [6, 6.07) is 6.28. The molecule has 0 aliphatic carbocycles. The molecule has 7 nitrogen and oxygen atoms in total. The maximum Gasteiger partial charge on any atom is 0.326 e. The lowest BCUT2D eigenvalue weighted by atomic mass is 10.0. The normalized spacial score (nSPS) is 17.5. The quantitative estimate of drug-likeness (QED) is 0.739. The van der Waals surface area contributed by atoms with Gasteiger partial charge in [0.15, 0.2) is 6.10 Å². The third-order valence-electron chi connectivity index (χ3n) is 4.24. The van der Waals surface area contributed by atoms with Crippen molar-refractivity contribution in [3.8, 4) is 5.75 Å². The van der Waals surface area contributed by atoms with Crippen molar-refractivity contribution in [2.45, 2.75) is 52.2 Å². The maximum atomic E-state index is 12.6. The predicted octanol–water partition coefficient (Wildman–Crippen LogP) is 2.20. The molecule has 0 fully saturated rings. The lowest BCUT2D eigenvalue weighted by molar-refractivity contribution is -0.142. The van der Waals surface area contributed by atoms with Crippen LogP contribution in [0.4, 0.5) is 5.69 Å². The first-order chi connectivity index (χ1) is 12.3. The molecular formula is C19H26N2O5. The van der Waals surface area contributed by atoms with E-state index in [0.29, 0.717) is 24.3 Å². The highest BCUT2D eigenvalue weighted by molar-refractivity contribution is 6.00. The predicted molar refractivity (Wildman–Crippen MR) is 97.1 cm³/mol. The number of carboxylic acids is 1. The first-order valence-corrected chi connectivity index (χ1v) is 8.92. The lowest BCUT2D eigenvalue weighted by Gasteiger charge is -2.34. The Balaban J connectivity index is 2.04. The van der Waals surface area contributed by atoms with E-state index in [9.17, 15) is 19.5 Å². The molecule has 1 aliphatic heterocycles. The number of carbonyl (C=O) groups is 3. The molecule has 2 N–H and O–H groups in total. The summed E-state index contributed by atoms with van der Waals surface area (Å²) in [4.78, 5) is 37.6. The molecule has 2 rings (SSSR count). The highest BCUT2D eigenvalue weighted by Gasteiger charge is 2.33. The monoisotopic (exact) mass is 362 g/mol. The fourth-order valence-electron chi connectivity index (χ4n) is 2.94. The highest BCUT2D eigenvalue weighted by atomic mass is 16.5. The zero-order valence-electron chi connectivity index (χ0n) is 15.4. The summed E-state index contributed by atoms with van der Waals surface area (Å²) in [5.41, 5.74) is 0.631. The van der Waals surface area contributed by atoms with Crippen LogP contribution in [0.15, 0.2) is 24.3 Å². The largest absolute Gasteiger partial charge is 0.480 e. The van der Waals surface area contributed by atoms with Gasteiger partial charge >= 0.3 is 5.97 Å². The van der Waals surface area contributed by atoms with Crippen LogP contribution in [-0.4, -0.2) is 41.6 Å². The summed E-state index contributed by atoms with van der Waals surface area (Å²) in [5.74, 6) is -0.860. The van der Waals surface area contributed by atoms with Gasteiger partial charge in [-0.2, -0.15) is 0 Å². The van der Waals surface area contributed by atoms with E-state index in [1.807, 2.05) is 26.8 Å². The number of nitrogens with zero attached hydrogens (tertiary/aromatic N) is 1. The molecule has 0 saturated carbocycles. The van der Waals surface area contributed by atoms with Gasteiger partial charge in [0.1, 0.15) is 11.8 Å². The van der Waals surface area contributed by atoms with E-state index >= 15 is 0 Å². The van der Waals surface area contributed by atoms with E-state index in [-0.39, 0.29) is 30.7 Å². The summed E-state index contributed by atoms with van der Waals surface area (Å²) < 4.78 is 5.70. The molecular weight excluding hydrogens is 336 g/mol. The third-order valence-corrected chi connectivity index (χ3v) is 4.24. The minimum absolute atomic E-state index is 0.0262. The molecule has 0 spiro atoms. The standard InChI is InChI=1S/C19H26N2O5/c1-4-15-18(23)21(14-7-5-6-8-16(14)26-15)10-9-17(22)20-13(19(24)25)11-12(2)3/h5-8,12-13,15H,4,9-11H2,1-3H3,(H,20,22)(H,24,25). The number of anilines is 1. The van der Waals surface area contributed by atoms with E-state index in [2.05, 4.69) is 5.32 Å². The molecule has 2 atom stereocenters. The Morgan fingerprint density at radius 1 is 1.31 bits per heavy atom. The summed E-state index contributed by atoms with van der Waals surface area (Å²) in [6.07, 6.45) is 0.350. The van der Waals surface area contributed by atoms with E-state index in [0.717, 1.165) is 0 Å². The molecule has 7 heteroatoms. The number of carboxylic acid groups (broad SMARTS) is 1. The van der Waals surface area contributed by atoms with Gasteiger partial charge in [0.25, 0.3) is 5.91 Å². The molecule has 142 valence electrons. The van der Waals surface area contributed by atoms with Crippen molar-refractivity contribution in [3.05, 3.63) is 24.3 Å². The van der Waals surface area contributed by atoms with E-state index in [1.165, 1.54) is 0 Å². The fraction of sp³-hybridized carbons (Fsp3) is 0.526. The summed E-state index contributed by atoms with van der Waals surface area (Å²) in [7, 11) is 0. The molecule has 0 saturated heterocycles. The highest BCUT2D eigenvalue weighted by Crippen LogP contribution is 2.34. The maximum absolute atomic E-state index is 12.6. The molecule has 1 aliphatic rings. The van der Waals surface area contributed by atoms with Gasteiger partial charge in [-0.3, -0.25) is 9.59 Å². The van der Waals surface area contributed by atoms with Crippen molar-refractivity contribution in [1.29, 1.82) is 0 Å². The number of para-hydroxylation sites is 2. The Morgan fingerprint density at radius 3 is 2.62 bits per heavy atom. The third kappa shape index (κ3) is 4.74. The van der Waals surface area contributed by atoms with Crippen molar-refractivity contribution in [3.63, 3.8) is 0 Å². The number of carbonyl (C=O) groups excluding carboxylic acids is 2. The number of nitrogens with one attached hydrogen (secondary N) is 1. The molecule has 2 amide bonds. The van der Waals surface area contributed by atoms with Gasteiger partial charge in [-0.1, -0.05) is 32.9 Å². The van der Waals surface area contributed by atoms with Crippen LogP contribution in [0.3, 0.4) is 0 Å². The number of ether oxygens (including phenoxy) is 1. The second-order valence-corrected chi connectivity index (χ2v) is 6.81. The summed E-state index contributed by atoms with van der Waals surface area (Å²) >= 11 is 0.